The average Bonchev–Trinajstić information content (AvgIpc) is 2.51. The van der Waals surface area contributed by atoms with Gasteiger partial charge in [-0.3, -0.25) is 0 Å². The first kappa shape index (κ1) is 9.57. The maximum Gasteiger partial charge on any atom is 0.333 e. The van der Waals surface area contributed by atoms with E-state index in [4.69, 9.17) is 10.2 Å². The molecule has 0 radical (unpaired) electrons. The predicted octanol–water partition coefficient (Wildman–Crippen LogP) is 1.29. The van der Waals surface area contributed by atoms with Crippen molar-refractivity contribution in [1.82, 2.24) is 0 Å². The number of hydrogen-bond donors (Lipinski definition) is 2. The molecular formula is C7H8O3S2. The number of thioether (sulfide) groups is 1. The largest absolute Gasteiger partial charge is 0.479 e. The van der Waals surface area contributed by atoms with Gasteiger partial charge in [-0.05, 0) is 11.4 Å². The van der Waals surface area contributed by atoms with E-state index in [-0.39, 0.29) is 5.75 Å². The number of aliphatic carboxylic acids is 1. The Hall–Kier alpha value is -0.520. The van der Waals surface area contributed by atoms with Crippen molar-refractivity contribution in [3.63, 3.8) is 0 Å². The number of aliphatic hydroxyl groups excluding tert-OH is 1. The Kier molecular flexibility index (Phi) is 3.58. The lowest BCUT2D eigenvalue weighted by Crippen LogP contribution is -2.21. The van der Waals surface area contributed by atoms with Gasteiger partial charge in [0, 0.05) is 5.75 Å². The molecule has 0 aromatic carbocycles. The minimum Gasteiger partial charge on any atom is -0.479 e. The van der Waals surface area contributed by atoms with Crippen LogP contribution in [0.2, 0.25) is 0 Å². The molecular weight excluding hydrogens is 196 g/mol. The lowest BCUT2D eigenvalue weighted by molar-refractivity contribution is -0.145. The summed E-state index contributed by atoms with van der Waals surface area (Å²) in [5.41, 5.74) is 0. The van der Waals surface area contributed by atoms with Crippen molar-refractivity contribution in [3.05, 3.63) is 17.5 Å². The summed E-state index contributed by atoms with van der Waals surface area (Å²) >= 11 is 2.89. The summed E-state index contributed by atoms with van der Waals surface area (Å²) < 4.78 is 1.02. The number of carboxylic acid groups (broad SMARTS) is 1. The van der Waals surface area contributed by atoms with E-state index in [0.29, 0.717) is 0 Å². The second-order valence-electron chi connectivity index (χ2n) is 2.10. The SMILES string of the molecule is O=C(O)C(O)CSc1cccs1. The molecule has 0 aliphatic heterocycles. The van der Waals surface area contributed by atoms with Crippen molar-refractivity contribution in [1.29, 1.82) is 0 Å². The van der Waals surface area contributed by atoms with Gasteiger partial charge in [0.15, 0.2) is 6.10 Å². The van der Waals surface area contributed by atoms with Crippen LogP contribution in [-0.4, -0.2) is 28.0 Å². The van der Waals surface area contributed by atoms with Crippen molar-refractivity contribution < 1.29 is 15.0 Å². The molecule has 5 heteroatoms. The third-order valence-corrected chi connectivity index (χ3v) is 3.37. The minimum atomic E-state index is -1.27. The van der Waals surface area contributed by atoms with Crippen LogP contribution in [0.4, 0.5) is 0 Å². The number of carboxylic acids is 1. The van der Waals surface area contributed by atoms with Crippen LogP contribution in [0, 0.1) is 0 Å². The fourth-order valence-corrected chi connectivity index (χ4v) is 2.31. The smallest absolute Gasteiger partial charge is 0.333 e. The van der Waals surface area contributed by atoms with Crippen LogP contribution < -0.4 is 0 Å². The van der Waals surface area contributed by atoms with E-state index >= 15 is 0 Å². The summed E-state index contributed by atoms with van der Waals surface area (Å²) in [5.74, 6) is -0.963. The van der Waals surface area contributed by atoms with Gasteiger partial charge in [-0.25, -0.2) is 4.79 Å². The quantitative estimate of drug-likeness (QED) is 0.725. The normalized spacial score (nSPS) is 12.8. The van der Waals surface area contributed by atoms with Crippen LogP contribution in [0.15, 0.2) is 21.7 Å². The highest BCUT2D eigenvalue weighted by atomic mass is 32.2. The first-order valence-corrected chi connectivity index (χ1v) is 5.14. The Morgan fingerprint density at radius 2 is 2.50 bits per heavy atom. The van der Waals surface area contributed by atoms with Gasteiger partial charge < -0.3 is 10.2 Å². The van der Waals surface area contributed by atoms with Gasteiger partial charge in [-0.2, -0.15) is 0 Å². The maximum absolute atomic E-state index is 10.2. The number of thiophene rings is 1. The van der Waals surface area contributed by atoms with Crippen molar-refractivity contribution >= 4 is 29.1 Å². The van der Waals surface area contributed by atoms with Crippen molar-refractivity contribution in [2.45, 2.75) is 10.3 Å². The van der Waals surface area contributed by atoms with Gasteiger partial charge in [0.25, 0.3) is 0 Å². The van der Waals surface area contributed by atoms with Gasteiger partial charge >= 0.3 is 5.97 Å². The van der Waals surface area contributed by atoms with E-state index in [1.165, 1.54) is 23.1 Å². The molecule has 12 heavy (non-hydrogen) atoms. The summed E-state index contributed by atoms with van der Waals surface area (Å²) in [4.78, 5) is 10.2. The van der Waals surface area contributed by atoms with Crippen LogP contribution >= 0.6 is 23.1 Å². The molecule has 0 amide bonds. The molecule has 0 aliphatic carbocycles. The molecule has 66 valence electrons. The molecule has 1 atom stereocenters. The molecule has 0 fully saturated rings. The minimum absolute atomic E-state index is 0.204. The summed E-state index contributed by atoms with van der Waals surface area (Å²) in [6.45, 7) is 0. The Bertz CT molecular complexity index is 245. The van der Waals surface area contributed by atoms with Crippen molar-refractivity contribution in [2.75, 3.05) is 5.75 Å². The average molecular weight is 204 g/mol. The van der Waals surface area contributed by atoms with Crippen LogP contribution in [0.3, 0.4) is 0 Å². The van der Waals surface area contributed by atoms with Gasteiger partial charge in [-0.1, -0.05) is 6.07 Å². The number of carbonyl (C=O) groups is 1. The highest BCUT2D eigenvalue weighted by Gasteiger charge is 2.12. The molecule has 0 aliphatic rings. The lowest BCUT2D eigenvalue weighted by Gasteiger charge is -2.02. The predicted molar refractivity (Wildman–Crippen MR) is 48.7 cm³/mol. The van der Waals surface area contributed by atoms with Crippen molar-refractivity contribution in [3.8, 4) is 0 Å². The Labute approximate surface area is 78.0 Å². The highest BCUT2D eigenvalue weighted by Crippen LogP contribution is 2.23. The topological polar surface area (TPSA) is 57.5 Å². The molecule has 1 unspecified atom stereocenters. The Balaban J connectivity index is 2.31. The van der Waals surface area contributed by atoms with Gasteiger partial charge in [0.1, 0.15) is 0 Å². The second kappa shape index (κ2) is 4.49. The van der Waals surface area contributed by atoms with E-state index in [1.54, 1.807) is 0 Å². The van der Waals surface area contributed by atoms with E-state index in [0.717, 1.165) is 4.21 Å². The molecule has 0 spiro atoms. The fraction of sp³-hybridized carbons (Fsp3) is 0.286. The van der Waals surface area contributed by atoms with Crippen molar-refractivity contribution in [2.24, 2.45) is 0 Å². The van der Waals surface area contributed by atoms with E-state index in [1.807, 2.05) is 17.5 Å². The van der Waals surface area contributed by atoms with Gasteiger partial charge in [0.05, 0.1) is 4.21 Å². The molecule has 0 bridgehead atoms. The monoisotopic (exact) mass is 204 g/mol. The molecule has 0 saturated carbocycles. The fourth-order valence-electron chi connectivity index (χ4n) is 0.578. The lowest BCUT2D eigenvalue weighted by atomic mass is 10.4. The van der Waals surface area contributed by atoms with Crippen LogP contribution in [0.25, 0.3) is 0 Å². The maximum atomic E-state index is 10.2. The second-order valence-corrected chi connectivity index (χ2v) is 4.37. The summed E-state index contributed by atoms with van der Waals surface area (Å²) in [5, 5.41) is 19.2. The third-order valence-electron chi connectivity index (χ3n) is 1.16. The summed E-state index contributed by atoms with van der Waals surface area (Å²) in [7, 11) is 0. The van der Waals surface area contributed by atoms with Gasteiger partial charge in [-0.15, -0.1) is 23.1 Å². The van der Waals surface area contributed by atoms with Crippen LogP contribution in [-0.2, 0) is 4.79 Å². The number of hydrogen-bond acceptors (Lipinski definition) is 4. The standard InChI is InChI=1S/C7H8O3S2/c8-5(7(9)10)4-12-6-2-1-3-11-6/h1-3,5,8H,4H2,(H,9,10). The molecule has 1 heterocycles. The zero-order valence-corrected chi connectivity index (χ0v) is 7.77. The zero-order valence-electron chi connectivity index (χ0n) is 6.14. The van der Waals surface area contributed by atoms with E-state index in [2.05, 4.69) is 0 Å². The van der Waals surface area contributed by atoms with Crippen LogP contribution in [0.5, 0.6) is 0 Å². The molecule has 1 aromatic rings. The first-order valence-electron chi connectivity index (χ1n) is 3.27. The Morgan fingerprint density at radius 1 is 1.75 bits per heavy atom. The summed E-state index contributed by atoms with van der Waals surface area (Å²) in [6, 6.07) is 3.78. The molecule has 1 aromatic heterocycles. The number of aliphatic hydroxyl groups is 1. The zero-order chi connectivity index (χ0) is 8.97. The third kappa shape index (κ3) is 2.84. The van der Waals surface area contributed by atoms with E-state index < -0.39 is 12.1 Å². The first-order chi connectivity index (χ1) is 5.70. The molecule has 1 rings (SSSR count). The molecule has 3 nitrogen and oxygen atoms in total. The molecule has 2 N–H and O–H groups in total. The number of rotatable bonds is 4. The Morgan fingerprint density at radius 3 is 3.00 bits per heavy atom. The highest BCUT2D eigenvalue weighted by molar-refractivity contribution is 8.01. The van der Waals surface area contributed by atoms with E-state index in [9.17, 15) is 4.79 Å². The van der Waals surface area contributed by atoms with Crippen LogP contribution in [0.1, 0.15) is 0 Å². The molecule has 0 saturated heterocycles. The summed E-state index contributed by atoms with van der Waals surface area (Å²) in [6.07, 6.45) is -1.27. The van der Waals surface area contributed by atoms with Gasteiger partial charge in [0.2, 0.25) is 0 Å².